The molecule has 0 unspecified atom stereocenters. The van der Waals surface area contributed by atoms with Gasteiger partial charge in [-0.3, -0.25) is 0 Å². The van der Waals surface area contributed by atoms with Gasteiger partial charge in [-0.05, 0) is 220 Å². The van der Waals surface area contributed by atoms with Gasteiger partial charge in [0.15, 0.2) is 0 Å². The lowest BCUT2D eigenvalue weighted by Crippen LogP contribution is -1.81. The molecule has 0 atom stereocenters. The Labute approximate surface area is 764 Å². The molecular weight excluding hydrogens is 1510 g/mol. The average molecular weight is 1670 g/mol. The molecule has 0 aliphatic rings. The summed E-state index contributed by atoms with van der Waals surface area (Å²) < 4.78 is 0. The van der Waals surface area contributed by atoms with Gasteiger partial charge in [-0.25, -0.2) is 0 Å². The number of hydrogen-bond acceptors (Lipinski definition) is 0. The summed E-state index contributed by atoms with van der Waals surface area (Å²) in [7, 11) is 0. The normalized spacial score (nSPS) is 9.35. The monoisotopic (exact) mass is 1670 g/mol. The highest BCUT2D eigenvalue weighted by Crippen LogP contribution is 2.32. The van der Waals surface area contributed by atoms with E-state index in [4.69, 9.17) is 0 Å². The van der Waals surface area contributed by atoms with E-state index < -0.39 is 0 Å². The quantitative estimate of drug-likeness (QED) is 0.105. The second-order valence-corrected chi connectivity index (χ2v) is 27.3. The van der Waals surface area contributed by atoms with Crippen molar-refractivity contribution in [2.75, 3.05) is 0 Å². The molecule has 0 radical (unpaired) electrons. The van der Waals surface area contributed by atoms with Crippen molar-refractivity contribution >= 4 is 129 Å². The fraction of sp³-hybridized carbons (Fsp3) is 0.238. The van der Waals surface area contributed by atoms with E-state index in [0.717, 1.165) is 0 Å². The molecule has 0 N–H and O–H groups in total. The lowest BCUT2D eigenvalue weighted by atomic mass is 9.98. The second-order valence-electron chi connectivity index (χ2n) is 27.3. The smallest absolute Gasteiger partial charge is 0.0103 e. The molecule has 20 rings (SSSR count). The highest BCUT2D eigenvalue weighted by molar-refractivity contribution is 6.10. The SMILES string of the molecule is CC.CC.CC.CC.CC.CC.CC.CC.CC.CC.CC.Cc1c2ccccc2cc2ccccc12.Cc1ccc2c(ccc3ccccc32)c1.Cc1ccc2cc3ccccc3cc2c1.Cc1ccc2ccc3ccccc3c2c1.Cc1ccc2ccccc2c1.Cc1cccc2c1ccc1ccccc12.Cc1cccc2ccccc12.Cc1ccccc1. The van der Waals surface area contributed by atoms with E-state index in [1.807, 2.05) is 171 Å². The van der Waals surface area contributed by atoms with Gasteiger partial charge in [0.05, 0.1) is 0 Å². The molecule has 0 fully saturated rings. The molecule has 0 aliphatic heterocycles. The Hall–Kier alpha value is -12.5. The molecule has 658 valence electrons. The molecule has 0 aromatic heterocycles. The number of fused-ring (bicyclic) bond motifs is 15. The summed E-state index contributed by atoms with van der Waals surface area (Å²) in [6.45, 7) is 61.1. The Morgan fingerprint density at radius 1 is 0.103 bits per heavy atom. The maximum atomic E-state index is 2.26. The van der Waals surface area contributed by atoms with Gasteiger partial charge < -0.3 is 0 Å². The molecule has 0 saturated heterocycles. The van der Waals surface area contributed by atoms with Crippen LogP contribution in [0, 0.1) is 55.4 Å². The summed E-state index contributed by atoms with van der Waals surface area (Å²) in [5, 5.41) is 32.0. The highest BCUT2D eigenvalue weighted by Gasteiger charge is 2.06. The molecule has 0 heteroatoms. The average Bonchev–Trinajstić information content (AvgIpc) is 0.798. The summed E-state index contributed by atoms with van der Waals surface area (Å²) in [5.41, 5.74) is 10.7. The van der Waals surface area contributed by atoms with Crippen molar-refractivity contribution in [3.63, 3.8) is 0 Å². The van der Waals surface area contributed by atoms with Crippen molar-refractivity contribution in [2.45, 2.75) is 208 Å². The molecule has 0 heterocycles. The summed E-state index contributed by atoms with van der Waals surface area (Å²) in [4.78, 5) is 0. The molecule has 20 aromatic carbocycles. The first-order valence-corrected chi connectivity index (χ1v) is 47.2. The fourth-order valence-electron chi connectivity index (χ4n) is 14.0. The van der Waals surface area contributed by atoms with Crippen molar-refractivity contribution < 1.29 is 0 Å². The predicted molar refractivity (Wildman–Crippen MR) is 584 cm³/mol. The van der Waals surface area contributed by atoms with Crippen LogP contribution in [0.3, 0.4) is 0 Å². The van der Waals surface area contributed by atoms with Gasteiger partial charge in [-0.15, -0.1) is 0 Å². The van der Waals surface area contributed by atoms with Crippen molar-refractivity contribution in [3.8, 4) is 0 Å². The first-order chi connectivity index (χ1) is 61.9. The summed E-state index contributed by atoms with van der Waals surface area (Å²) in [5.74, 6) is 0. The minimum absolute atomic E-state index is 1.31. The predicted octanol–water partition coefficient (Wildman–Crippen LogP) is 41.1. The molecule has 0 aliphatic carbocycles. The standard InChI is InChI=1S/5C15H12.2C11H10.C7H8.11C2H6/c1-11-14-8-4-2-6-12(14)10-13-7-3-5-9-15(11)13;1-11-5-4-8-15-13(11)10-9-12-6-2-3-7-14(12)15;1-11-6-9-15-13(10-11)8-7-12-4-2-3-5-14(12)15;1-11-6-7-14-9-12-4-2-3-5-13(12)10-15(14)8-11;1-11-6-7-13-9-8-12-4-2-3-5-14(12)15(13)10-11;1-9-5-4-7-10-6-2-3-8-11(9)10;1-9-6-7-10-4-2-3-5-11(10)8-9;1-7-5-3-2-4-6-7;11*1-2/h5*2-10H,1H3;2*2-8H,1H3;2-6H,1H3;11*1-2H3. The first kappa shape index (κ1) is 110. The van der Waals surface area contributed by atoms with Crippen molar-refractivity contribution in [3.05, 3.63) is 433 Å². The Bertz CT molecular complexity index is 6200. The largest absolute Gasteiger partial charge is 0.0683 e. The molecule has 0 amide bonds. The van der Waals surface area contributed by atoms with Gasteiger partial charge in [-0.1, -0.05) is 550 Å². The third-order valence-electron chi connectivity index (χ3n) is 19.6. The Kier molecular flexibility index (Phi) is 55.9. The van der Waals surface area contributed by atoms with E-state index >= 15 is 0 Å². The van der Waals surface area contributed by atoms with E-state index in [9.17, 15) is 0 Å². The van der Waals surface area contributed by atoms with Crippen molar-refractivity contribution in [1.29, 1.82) is 0 Å². The van der Waals surface area contributed by atoms with Crippen LogP contribution in [0.1, 0.15) is 197 Å². The molecule has 0 saturated carbocycles. The van der Waals surface area contributed by atoms with Crippen LogP contribution in [0.15, 0.2) is 388 Å². The molecule has 20 aromatic rings. The zero-order valence-electron chi connectivity index (χ0n) is 83.0. The van der Waals surface area contributed by atoms with E-state index in [-0.39, 0.29) is 0 Å². The summed E-state index contributed by atoms with van der Waals surface area (Å²) in [6.07, 6.45) is 0. The molecule has 126 heavy (non-hydrogen) atoms. The summed E-state index contributed by atoms with van der Waals surface area (Å²) in [6, 6.07) is 138. The number of aryl methyl sites for hydroxylation is 8. The Balaban J connectivity index is 0.000000475. The van der Waals surface area contributed by atoms with Crippen molar-refractivity contribution in [2.24, 2.45) is 0 Å². The topological polar surface area (TPSA) is 0 Å². The minimum atomic E-state index is 1.31. The van der Waals surface area contributed by atoms with Gasteiger partial charge in [-0.2, -0.15) is 0 Å². The lowest BCUT2D eigenvalue weighted by Gasteiger charge is -2.06. The fourth-order valence-corrected chi connectivity index (χ4v) is 14.0. The van der Waals surface area contributed by atoms with Gasteiger partial charge in [0, 0.05) is 0 Å². The summed E-state index contributed by atoms with van der Waals surface area (Å²) >= 11 is 0. The van der Waals surface area contributed by atoms with E-state index in [1.165, 1.54) is 174 Å². The maximum Gasteiger partial charge on any atom is -0.0103 e. The molecular formula is C126H154. The third kappa shape index (κ3) is 33.2. The van der Waals surface area contributed by atoms with Crippen LogP contribution < -0.4 is 0 Å². The van der Waals surface area contributed by atoms with Crippen LogP contribution in [-0.4, -0.2) is 0 Å². The molecule has 0 bridgehead atoms. The zero-order valence-corrected chi connectivity index (χ0v) is 83.0. The highest BCUT2D eigenvalue weighted by atomic mass is 14.1. The third-order valence-corrected chi connectivity index (χ3v) is 19.6. The van der Waals surface area contributed by atoms with Gasteiger partial charge in [0.1, 0.15) is 0 Å². The van der Waals surface area contributed by atoms with E-state index in [0.29, 0.717) is 0 Å². The number of hydrogen-bond donors (Lipinski definition) is 0. The first-order valence-electron chi connectivity index (χ1n) is 47.2. The van der Waals surface area contributed by atoms with Crippen LogP contribution in [0.4, 0.5) is 0 Å². The van der Waals surface area contributed by atoms with Crippen molar-refractivity contribution in [1.82, 2.24) is 0 Å². The van der Waals surface area contributed by atoms with E-state index in [2.05, 4.69) is 425 Å². The Morgan fingerprint density at radius 2 is 0.325 bits per heavy atom. The van der Waals surface area contributed by atoms with Gasteiger partial charge in [0.2, 0.25) is 0 Å². The number of benzene rings is 20. The Morgan fingerprint density at radius 3 is 0.770 bits per heavy atom. The molecule has 0 nitrogen and oxygen atoms in total. The van der Waals surface area contributed by atoms with Gasteiger partial charge in [0.25, 0.3) is 0 Å². The van der Waals surface area contributed by atoms with E-state index in [1.54, 1.807) is 0 Å². The zero-order chi connectivity index (χ0) is 93.7. The van der Waals surface area contributed by atoms with Crippen LogP contribution >= 0.6 is 0 Å². The number of rotatable bonds is 0. The minimum Gasteiger partial charge on any atom is -0.0683 e. The second kappa shape index (κ2) is 64.3. The van der Waals surface area contributed by atoms with Gasteiger partial charge >= 0.3 is 0 Å². The lowest BCUT2D eigenvalue weighted by molar-refractivity contribution is 1.48. The van der Waals surface area contributed by atoms with Crippen LogP contribution in [0.5, 0.6) is 0 Å². The van der Waals surface area contributed by atoms with Crippen LogP contribution in [0.2, 0.25) is 0 Å². The van der Waals surface area contributed by atoms with Crippen LogP contribution in [-0.2, 0) is 0 Å². The molecule has 0 spiro atoms. The maximum absolute atomic E-state index is 2.26. The van der Waals surface area contributed by atoms with Crippen LogP contribution in [0.25, 0.3) is 129 Å².